The number of anilines is 1. The number of phenolic OH excluding ortho intramolecular Hbond substituents is 1. The number of rotatable bonds is 5. The zero-order chi connectivity index (χ0) is 22.0. The Morgan fingerprint density at radius 3 is 2.30 bits per heavy atom. The van der Waals surface area contributed by atoms with Crippen LogP contribution in [0.3, 0.4) is 0 Å². The molecule has 8 heteroatoms. The molecule has 0 radical (unpaired) electrons. The van der Waals surface area contributed by atoms with E-state index in [0.29, 0.717) is 22.2 Å². The molecular formula is C22H22N2O6. The average Bonchev–Trinajstić information content (AvgIpc) is 2.75. The molecule has 0 bridgehead atoms. The summed E-state index contributed by atoms with van der Waals surface area (Å²) >= 11 is 0. The lowest BCUT2D eigenvalue weighted by Crippen LogP contribution is -2.19. The number of nitrogens with zero attached hydrogens (tertiary/aromatic N) is 1. The molecule has 2 aromatic carbocycles. The van der Waals surface area contributed by atoms with E-state index in [1.807, 2.05) is 0 Å². The highest BCUT2D eigenvalue weighted by Gasteiger charge is 2.12. The highest BCUT2D eigenvalue weighted by molar-refractivity contribution is 6.03. The minimum absolute atomic E-state index is 0.0684. The van der Waals surface area contributed by atoms with Gasteiger partial charge in [-0.05, 0) is 48.9 Å². The van der Waals surface area contributed by atoms with Crippen molar-refractivity contribution >= 4 is 28.6 Å². The third kappa shape index (κ3) is 3.80. The first kappa shape index (κ1) is 20.8. The van der Waals surface area contributed by atoms with Crippen molar-refractivity contribution in [3.63, 3.8) is 0 Å². The SMILES string of the molecule is COc1cc(C=CC(=O)Nc2ccc3c(O)c(C)c(=O)n(C)c3c2)cc(OC)c1O. The quantitative estimate of drug-likeness (QED) is 0.558. The van der Waals surface area contributed by atoms with Gasteiger partial charge in [-0.15, -0.1) is 0 Å². The molecule has 0 saturated heterocycles. The van der Waals surface area contributed by atoms with Crippen molar-refractivity contribution in [2.45, 2.75) is 6.92 Å². The Kier molecular flexibility index (Phi) is 5.68. The maximum absolute atomic E-state index is 12.3. The number of aromatic nitrogens is 1. The van der Waals surface area contributed by atoms with Crippen LogP contribution in [0.15, 0.2) is 41.2 Å². The fraction of sp³-hybridized carbons (Fsp3) is 0.182. The van der Waals surface area contributed by atoms with Gasteiger partial charge in [0.1, 0.15) is 5.75 Å². The Morgan fingerprint density at radius 1 is 1.07 bits per heavy atom. The van der Waals surface area contributed by atoms with Crippen LogP contribution in [-0.2, 0) is 11.8 Å². The van der Waals surface area contributed by atoms with Gasteiger partial charge in [-0.25, -0.2) is 0 Å². The average molecular weight is 410 g/mol. The van der Waals surface area contributed by atoms with E-state index >= 15 is 0 Å². The number of ether oxygens (including phenoxy) is 2. The van der Waals surface area contributed by atoms with Crippen molar-refractivity contribution in [3.8, 4) is 23.0 Å². The maximum Gasteiger partial charge on any atom is 0.257 e. The smallest absolute Gasteiger partial charge is 0.257 e. The van der Waals surface area contributed by atoms with E-state index in [4.69, 9.17) is 9.47 Å². The lowest BCUT2D eigenvalue weighted by Gasteiger charge is -2.11. The fourth-order valence-corrected chi connectivity index (χ4v) is 3.12. The van der Waals surface area contributed by atoms with Crippen LogP contribution in [0.1, 0.15) is 11.1 Å². The van der Waals surface area contributed by atoms with E-state index in [0.717, 1.165) is 0 Å². The topological polar surface area (TPSA) is 110 Å². The minimum Gasteiger partial charge on any atom is -0.507 e. The number of carbonyl (C=O) groups is 1. The number of hydrogen-bond donors (Lipinski definition) is 3. The van der Waals surface area contributed by atoms with Gasteiger partial charge in [0.05, 0.1) is 25.3 Å². The third-order valence-corrected chi connectivity index (χ3v) is 4.79. The molecule has 0 aliphatic heterocycles. The molecule has 3 N–H and O–H groups in total. The van der Waals surface area contributed by atoms with Crippen molar-refractivity contribution in [1.29, 1.82) is 0 Å². The zero-order valence-corrected chi connectivity index (χ0v) is 17.0. The standard InChI is InChI=1S/C22H22N2O6/c1-12-20(26)15-7-6-14(11-16(15)24(2)22(12)28)23-19(25)8-5-13-9-17(29-3)21(27)18(10-13)30-4/h5-11,26-27H,1-4H3,(H,23,25). The van der Waals surface area contributed by atoms with Crippen molar-refractivity contribution in [2.24, 2.45) is 7.05 Å². The number of fused-ring (bicyclic) bond motifs is 1. The number of methoxy groups -OCH3 is 2. The number of aryl methyl sites for hydroxylation is 1. The molecule has 0 atom stereocenters. The number of hydrogen-bond acceptors (Lipinski definition) is 6. The van der Waals surface area contributed by atoms with Crippen molar-refractivity contribution in [3.05, 3.63) is 57.9 Å². The highest BCUT2D eigenvalue weighted by atomic mass is 16.5. The van der Waals surface area contributed by atoms with Gasteiger partial charge < -0.3 is 29.6 Å². The van der Waals surface area contributed by atoms with E-state index in [1.54, 1.807) is 50.4 Å². The summed E-state index contributed by atoms with van der Waals surface area (Å²) in [4.78, 5) is 24.5. The van der Waals surface area contributed by atoms with Crippen LogP contribution in [-0.4, -0.2) is 34.9 Å². The maximum atomic E-state index is 12.3. The first-order valence-corrected chi connectivity index (χ1v) is 9.03. The molecule has 1 aromatic heterocycles. The third-order valence-electron chi connectivity index (χ3n) is 4.79. The molecule has 8 nitrogen and oxygen atoms in total. The lowest BCUT2D eigenvalue weighted by molar-refractivity contribution is -0.111. The number of carbonyl (C=O) groups excluding carboxylic acids is 1. The molecule has 156 valence electrons. The first-order valence-electron chi connectivity index (χ1n) is 9.03. The van der Waals surface area contributed by atoms with Crippen LogP contribution in [0.2, 0.25) is 0 Å². The number of pyridine rings is 1. The summed E-state index contributed by atoms with van der Waals surface area (Å²) in [5, 5.41) is 23.4. The van der Waals surface area contributed by atoms with Crippen molar-refractivity contribution < 1.29 is 24.5 Å². The molecular weight excluding hydrogens is 388 g/mol. The van der Waals surface area contributed by atoms with Crippen molar-refractivity contribution in [2.75, 3.05) is 19.5 Å². The molecule has 1 heterocycles. The Balaban J connectivity index is 1.86. The summed E-state index contributed by atoms with van der Waals surface area (Å²) < 4.78 is 11.6. The number of amides is 1. The molecule has 30 heavy (non-hydrogen) atoms. The molecule has 0 fully saturated rings. The van der Waals surface area contributed by atoms with Gasteiger partial charge in [0.15, 0.2) is 11.5 Å². The lowest BCUT2D eigenvalue weighted by atomic mass is 10.1. The number of aromatic hydroxyl groups is 2. The van der Waals surface area contributed by atoms with Crippen LogP contribution in [0, 0.1) is 6.92 Å². The van der Waals surface area contributed by atoms with E-state index in [9.17, 15) is 19.8 Å². The minimum atomic E-state index is -0.401. The number of phenols is 1. The summed E-state index contributed by atoms with van der Waals surface area (Å²) in [5.74, 6) is -0.149. The summed E-state index contributed by atoms with van der Waals surface area (Å²) in [6.45, 7) is 1.56. The Hall–Kier alpha value is -3.94. The second-order valence-electron chi connectivity index (χ2n) is 6.67. The summed E-state index contributed by atoms with van der Waals surface area (Å²) in [6.07, 6.45) is 2.87. The van der Waals surface area contributed by atoms with Crippen LogP contribution >= 0.6 is 0 Å². The van der Waals surface area contributed by atoms with Crippen LogP contribution in [0.25, 0.3) is 17.0 Å². The van der Waals surface area contributed by atoms with E-state index in [1.165, 1.54) is 24.9 Å². The normalized spacial score (nSPS) is 11.1. The van der Waals surface area contributed by atoms with Gasteiger partial charge in [0.2, 0.25) is 11.7 Å². The largest absolute Gasteiger partial charge is 0.507 e. The van der Waals surface area contributed by atoms with Gasteiger partial charge in [-0.2, -0.15) is 0 Å². The monoisotopic (exact) mass is 410 g/mol. The van der Waals surface area contributed by atoms with Crippen LogP contribution < -0.4 is 20.3 Å². The van der Waals surface area contributed by atoms with Crippen LogP contribution in [0.4, 0.5) is 5.69 Å². The van der Waals surface area contributed by atoms with Crippen LogP contribution in [0.5, 0.6) is 23.0 Å². The fourth-order valence-electron chi connectivity index (χ4n) is 3.12. The van der Waals surface area contributed by atoms with Gasteiger partial charge in [0.25, 0.3) is 5.56 Å². The van der Waals surface area contributed by atoms with Gasteiger partial charge in [0, 0.05) is 24.2 Å². The molecule has 3 aromatic rings. The number of benzene rings is 2. The second kappa shape index (κ2) is 8.20. The Labute approximate surface area is 172 Å². The molecule has 3 rings (SSSR count). The van der Waals surface area contributed by atoms with Gasteiger partial charge in [-0.3, -0.25) is 9.59 Å². The summed E-state index contributed by atoms with van der Waals surface area (Å²) in [7, 11) is 4.44. The summed E-state index contributed by atoms with van der Waals surface area (Å²) in [6, 6.07) is 8.04. The Bertz CT molecular complexity index is 1200. The predicted molar refractivity (Wildman–Crippen MR) is 114 cm³/mol. The second-order valence-corrected chi connectivity index (χ2v) is 6.67. The summed E-state index contributed by atoms with van der Waals surface area (Å²) in [5.41, 5.74) is 1.52. The van der Waals surface area contributed by atoms with E-state index in [2.05, 4.69) is 5.32 Å². The molecule has 0 spiro atoms. The zero-order valence-electron chi connectivity index (χ0n) is 17.0. The number of nitrogens with one attached hydrogen (secondary N) is 1. The molecule has 0 aliphatic rings. The van der Waals surface area contributed by atoms with Gasteiger partial charge in [-0.1, -0.05) is 0 Å². The molecule has 0 saturated carbocycles. The Morgan fingerprint density at radius 2 is 1.70 bits per heavy atom. The molecule has 0 unspecified atom stereocenters. The van der Waals surface area contributed by atoms with E-state index < -0.39 is 5.91 Å². The predicted octanol–water partition coefficient (Wildman–Crippen LogP) is 2.93. The van der Waals surface area contributed by atoms with E-state index in [-0.39, 0.29) is 34.1 Å². The highest BCUT2D eigenvalue weighted by Crippen LogP contribution is 2.37. The first-order chi connectivity index (χ1) is 14.3. The molecule has 0 aliphatic carbocycles. The molecule has 1 amide bonds. The van der Waals surface area contributed by atoms with Crippen molar-refractivity contribution in [1.82, 2.24) is 4.57 Å². The van der Waals surface area contributed by atoms with Gasteiger partial charge >= 0.3 is 0 Å².